The molecule has 1 atom stereocenters. The Kier molecular flexibility index (Phi) is 5.01. The van der Waals surface area contributed by atoms with Crippen molar-refractivity contribution in [1.29, 1.82) is 0 Å². The van der Waals surface area contributed by atoms with Gasteiger partial charge in [-0.3, -0.25) is 0 Å². The summed E-state index contributed by atoms with van der Waals surface area (Å²) in [5.41, 5.74) is 1.47. The first-order valence-corrected chi connectivity index (χ1v) is 9.77. The molecule has 0 spiro atoms. The van der Waals surface area contributed by atoms with Gasteiger partial charge in [0.05, 0.1) is 10.9 Å². The lowest BCUT2D eigenvalue weighted by Gasteiger charge is -2.30. The summed E-state index contributed by atoms with van der Waals surface area (Å²) in [6.45, 7) is 2.28. The zero-order valence-electron chi connectivity index (χ0n) is 13.8. The minimum Gasteiger partial charge on any atom is -0.207 e. The van der Waals surface area contributed by atoms with E-state index in [1.165, 1.54) is 12.1 Å². The van der Waals surface area contributed by atoms with Crippen molar-refractivity contribution in [2.24, 2.45) is 0 Å². The minimum atomic E-state index is -3.62. The molecule has 0 saturated carbocycles. The first kappa shape index (κ1) is 17.1. The van der Waals surface area contributed by atoms with E-state index in [9.17, 15) is 12.8 Å². The van der Waals surface area contributed by atoms with Gasteiger partial charge < -0.3 is 0 Å². The van der Waals surface area contributed by atoms with E-state index in [0.29, 0.717) is 17.9 Å². The van der Waals surface area contributed by atoms with Gasteiger partial charge in [0, 0.05) is 6.54 Å². The maximum absolute atomic E-state index is 13.7. The second kappa shape index (κ2) is 7.03. The Morgan fingerprint density at radius 1 is 1.04 bits per heavy atom. The van der Waals surface area contributed by atoms with E-state index in [1.54, 1.807) is 22.5 Å². The lowest BCUT2D eigenvalue weighted by Crippen LogP contribution is -2.35. The highest BCUT2D eigenvalue weighted by atomic mass is 32.2. The summed E-state index contributed by atoms with van der Waals surface area (Å²) in [6.07, 6.45) is 3.48. The molecule has 0 radical (unpaired) electrons. The second-order valence-corrected chi connectivity index (χ2v) is 8.16. The number of nitrogens with zero attached hydrogens (tertiary/aromatic N) is 1. The number of rotatable bonds is 3. The van der Waals surface area contributed by atoms with Crippen LogP contribution in [0.2, 0.25) is 0 Å². The van der Waals surface area contributed by atoms with Gasteiger partial charge in [-0.2, -0.15) is 4.31 Å². The molecule has 3 nitrogen and oxygen atoms in total. The van der Waals surface area contributed by atoms with Crippen molar-refractivity contribution < 1.29 is 12.8 Å². The Labute approximate surface area is 143 Å². The quantitative estimate of drug-likeness (QED) is 0.823. The maximum atomic E-state index is 13.7. The van der Waals surface area contributed by atoms with Crippen LogP contribution in [0, 0.1) is 12.7 Å². The molecule has 0 N–H and O–H groups in total. The zero-order valence-corrected chi connectivity index (χ0v) is 14.6. The Bertz CT molecular complexity index is 820. The van der Waals surface area contributed by atoms with Gasteiger partial charge in [0.1, 0.15) is 5.82 Å². The molecule has 3 rings (SSSR count). The Balaban J connectivity index is 2.06. The highest BCUT2D eigenvalue weighted by Crippen LogP contribution is 2.35. The molecule has 1 heterocycles. The summed E-state index contributed by atoms with van der Waals surface area (Å²) >= 11 is 0. The van der Waals surface area contributed by atoms with Crippen LogP contribution in [0.5, 0.6) is 0 Å². The van der Waals surface area contributed by atoms with Gasteiger partial charge in [0.2, 0.25) is 10.0 Å². The number of benzene rings is 2. The lowest BCUT2D eigenvalue weighted by atomic mass is 10.0. The van der Waals surface area contributed by atoms with Gasteiger partial charge in [-0.15, -0.1) is 0 Å². The van der Waals surface area contributed by atoms with Crippen molar-refractivity contribution in [1.82, 2.24) is 4.31 Å². The monoisotopic (exact) mass is 347 g/mol. The van der Waals surface area contributed by atoms with Gasteiger partial charge in [-0.1, -0.05) is 43.2 Å². The fraction of sp³-hybridized carbons (Fsp3) is 0.368. The standard InChI is InChI=1S/C19H22FNO2S/c1-15-8-4-5-12-19(15)24(22,23)21-13-6-2-3-11-18(21)16-9-7-10-17(20)14-16/h4-5,7-10,12,14,18H,2-3,6,11,13H2,1H3. The number of aryl methyl sites for hydroxylation is 1. The van der Waals surface area contributed by atoms with E-state index in [0.717, 1.165) is 30.4 Å². The van der Waals surface area contributed by atoms with Crippen LogP contribution in [-0.4, -0.2) is 19.3 Å². The molecule has 1 aliphatic heterocycles. The molecule has 2 aromatic rings. The average Bonchev–Trinajstić information content (AvgIpc) is 2.81. The third-order valence-electron chi connectivity index (χ3n) is 4.62. The molecule has 0 bridgehead atoms. The van der Waals surface area contributed by atoms with E-state index in [1.807, 2.05) is 25.1 Å². The molecular formula is C19H22FNO2S. The zero-order chi connectivity index (χ0) is 17.2. The van der Waals surface area contributed by atoms with Crippen LogP contribution in [-0.2, 0) is 10.0 Å². The molecule has 24 heavy (non-hydrogen) atoms. The highest BCUT2D eigenvalue weighted by molar-refractivity contribution is 7.89. The molecule has 2 aromatic carbocycles. The molecular weight excluding hydrogens is 325 g/mol. The average molecular weight is 347 g/mol. The molecule has 0 aliphatic carbocycles. The number of hydrogen-bond donors (Lipinski definition) is 0. The van der Waals surface area contributed by atoms with E-state index in [2.05, 4.69) is 0 Å². The van der Waals surface area contributed by atoms with Crippen molar-refractivity contribution >= 4 is 10.0 Å². The number of hydrogen-bond acceptors (Lipinski definition) is 2. The van der Waals surface area contributed by atoms with E-state index >= 15 is 0 Å². The molecule has 1 unspecified atom stereocenters. The first-order valence-electron chi connectivity index (χ1n) is 8.33. The largest absolute Gasteiger partial charge is 0.243 e. The number of halogens is 1. The van der Waals surface area contributed by atoms with Gasteiger partial charge in [0.25, 0.3) is 0 Å². The van der Waals surface area contributed by atoms with E-state index < -0.39 is 10.0 Å². The minimum absolute atomic E-state index is 0.312. The fourth-order valence-electron chi connectivity index (χ4n) is 3.39. The summed E-state index contributed by atoms with van der Waals surface area (Å²) in [5.74, 6) is -0.329. The lowest BCUT2D eigenvalue weighted by molar-refractivity contribution is 0.328. The molecule has 1 fully saturated rings. The predicted octanol–water partition coefficient (Wildman–Crippen LogP) is 4.44. The van der Waals surface area contributed by atoms with Crippen LogP contribution in [0.4, 0.5) is 4.39 Å². The second-order valence-electron chi connectivity index (χ2n) is 6.30. The van der Waals surface area contributed by atoms with Crippen molar-refractivity contribution in [2.45, 2.75) is 43.5 Å². The Hall–Kier alpha value is -1.72. The van der Waals surface area contributed by atoms with Crippen LogP contribution >= 0.6 is 0 Å². The molecule has 5 heteroatoms. The molecule has 0 aromatic heterocycles. The number of sulfonamides is 1. The fourth-order valence-corrected chi connectivity index (χ4v) is 5.30. The maximum Gasteiger partial charge on any atom is 0.243 e. The normalized spacial score (nSPS) is 19.8. The summed E-state index contributed by atoms with van der Waals surface area (Å²) in [7, 11) is -3.62. The van der Waals surface area contributed by atoms with Gasteiger partial charge in [0.15, 0.2) is 0 Å². The van der Waals surface area contributed by atoms with Crippen LogP contribution in [0.1, 0.15) is 42.9 Å². The summed E-state index contributed by atoms with van der Waals surface area (Å²) in [5, 5.41) is 0. The summed E-state index contributed by atoms with van der Waals surface area (Å²) in [4.78, 5) is 0.341. The Morgan fingerprint density at radius 2 is 1.83 bits per heavy atom. The predicted molar refractivity (Wildman–Crippen MR) is 92.7 cm³/mol. The van der Waals surface area contributed by atoms with Crippen molar-refractivity contribution in [2.75, 3.05) is 6.54 Å². The van der Waals surface area contributed by atoms with Gasteiger partial charge >= 0.3 is 0 Å². The SMILES string of the molecule is Cc1ccccc1S(=O)(=O)N1CCCCCC1c1cccc(F)c1. The van der Waals surface area contributed by atoms with Crippen molar-refractivity contribution in [3.05, 3.63) is 65.5 Å². The van der Waals surface area contributed by atoms with E-state index in [-0.39, 0.29) is 11.9 Å². The molecule has 1 saturated heterocycles. The molecule has 128 valence electrons. The third-order valence-corrected chi connectivity index (χ3v) is 6.69. The van der Waals surface area contributed by atoms with Crippen molar-refractivity contribution in [3.63, 3.8) is 0 Å². The topological polar surface area (TPSA) is 37.4 Å². The van der Waals surface area contributed by atoms with Crippen LogP contribution in [0.15, 0.2) is 53.4 Å². The highest BCUT2D eigenvalue weighted by Gasteiger charge is 2.34. The Morgan fingerprint density at radius 3 is 2.58 bits per heavy atom. The first-order chi connectivity index (χ1) is 11.5. The molecule has 0 amide bonds. The third kappa shape index (κ3) is 3.37. The summed E-state index contributed by atoms with van der Waals surface area (Å²) in [6, 6.07) is 13.0. The van der Waals surface area contributed by atoms with E-state index in [4.69, 9.17) is 0 Å². The smallest absolute Gasteiger partial charge is 0.207 e. The van der Waals surface area contributed by atoms with Gasteiger partial charge in [-0.05, 0) is 49.1 Å². The molecule has 1 aliphatic rings. The van der Waals surface area contributed by atoms with Crippen LogP contribution in [0.3, 0.4) is 0 Å². The van der Waals surface area contributed by atoms with Gasteiger partial charge in [-0.25, -0.2) is 12.8 Å². The van der Waals surface area contributed by atoms with Crippen molar-refractivity contribution in [3.8, 4) is 0 Å². The van der Waals surface area contributed by atoms with Crippen LogP contribution < -0.4 is 0 Å². The van der Waals surface area contributed by atoms with Crippen LogP contribution in [0.25, 0.3) is 0 Å². The summed E-state index contributed by atoms with van der Waals surface area (Å²) < 4.78 is 41.8.